The second-order valence-corrected chi connectivity index (χ2v) is 5.60. The Hall–Kier alpha value is -1.99. The van der Waals surface area contributed by atoms with Crippen LogP contribution >= 0.6 is 12.4 Å². The standard InChI is InChI=1S/C14H18FN5O.ClH/c1-14(2,16)9-17-13(21)12-8-20(19-18-12)7-10-4-3-5-11(15)6-10;/h3-6,8H,7,9,16H2,1-2H3,(H,17,21);1H. The van der Waals surface area contributed by atoms with E-state index >= 15 is 0 Å². The Morgan fingerprint density at radius 2 is 2.18 bits per heavy atom. The summed E-state index contributed by atoms with van der Waals surface area (Å²) in [7, 11) is 0. The highest BCUT2D eigenvalue weighted by Crippen LogP contribution is 2.06. The summed E-state index contributed by atoms with van der Waals surface area (Å²) in [6.45, 7) is 4.31. The van der Waals surface area contributed by atoms with E-state index < -0.39 is 5.54 Å². The Balaban J connectivity index is 0.00000242. The van der Waals surface area contributed by atoms with Gasteiger partial charge in [0.25, 0.3) is 5.91 Å². The van der Waals surface area contributed by atoms with Crippen molar-refractivity contribution in [2.45, 2.75) is 25.9 Å². The summed E-state index contributed by atoms with van der Waals surface area (Å²) >= 11 is 0. The maximum absolute atomic E-state index is 13.1. The molecule has 2 rings (SSSR count). The highest BCUT2D eigenvalue weighted by molar-refractivity contribution is 5.91. The first-order valence-corrected chi connectivity index (χ1v) is 6.55. The van der Waals surface area contributed by atoms with Gasteiger partial charge in [0.2, 0.25) is 0 Å². The van der Waals surface area contributed by atoms with Crippen LogP contribution in [0.1, 0.15) is 29.9 Å². The highest BCUT2D eigenvalue weighted by Gasteiger charge is 2.15. The Morgan fingerprint density at radius 3 is 2.82 bits per heavy atom. The molecule has 0 unspecified atom stereocenters. The van der Waals surface area contributed by atoms with Crippen molar-refractivity contribution in [3.63, 3.8) is 0 Å². The molecule has 0 saturated carbocycles. The van der Waals surface area contributed by atoms with E-state index in [4.69, 9.17) is 5.73 Å². The van der Waals surface area contributed by atoms with E-state index in [1.807, 2.05) is 13.8 Å². The monoisotopic (exact) mass is 327 g/mol. The van der Waals surface area contributed by atoms with E-state index in [0.29, 0.717) is 13.1 Å². The average Bonchev–Trinajstić information content (AvgIpc) is 2.83. The van der Waals surface area contributed by atoms with E-state index in [1.54, 1.807) is 12.1 Å². The van der Waals surface area contributed by atoms with Crippen molar-refractivity contribution in [2.75, 3.05) is 6.54 Å². The van der Waals surface area contributed by atoms with Crippen LogP contribution in [0.4, 0.5) is 4.39 Å². The molecule has 22 heavy (non-hydrogen) atoms. The quantitative estimate of drug-likeness (QED) is 0.868. The zero-order valence-corrected chi connectivity index (χ0v) is 13.2. The lowest BCUT2D eigenvalue weighted by Crippen LogP contribution is -2.45. The number of benzene rings is 1. The number of halogens is 2. The Kier molecular flexibility index (Phi) is 6.01. The molecule has 0 fully saturated rings. The van der Waals surface area contributed by atoms with Gasteiger partial charge in [0.05, 0.1) is 12.7 Å². The minimum absolute atomic E-state index is 0. The van der Waals surface area contributed by atoms with Gasteiger partial charge in [-0.2, -0.15) is 0 Å². The zero-order valence-electron chi connectivity index (χ0n) is 12.4. The second kappa shape index (κ2) is 7.33. The van der Waals surface area contributed by atoms with Crippen LogP contribution < -0.4 is 11.1 Å². The second-order valence-electron chi connectivity index (χ2n) is 5.60. The third-order valence-corrected chi connectivity index (χ3v) is 2.71. The first kappa shape index (κ1) is 18.1. The average molecular weight is 328 g/mol. The van der Waals surface area contributed by atoms with Crippen LogP contribution in [-0.4, -0.2) is 33.0 Å². The van der Waals surface area contributed by atoms with Gasteiger partial charge in [-0.15, -0.1) is 17.5 Å². The highest BCUT2D eigenvalue weighted by atomic mass is 35.5. The summed E-state index contributed by atoms with van der Waals surface area (Å²) < 4.78 is 14.6. The topological polar surface area (TPSA) is 85.8 Å². The third-order valence-electron chi connectivity index (χ3n) is 2.71. The molecule has 120 valence electrons. The maximum Gasteiger partial charge on any atom is 0.273 e. The van der Waals surface area contributed by atoms with Gasteiger partial charge < -0.3 is 11.1 Å². The Bertz CT molecular complexity index is 638. The SMILES string of the molecule is CC(C)(N)CNC(=O)c1cn(Cc2cccc(F)c2)nn1.Cl. The summed E-state index contributed by atoms with van der Waals surface area (Å²) in [6.07, 6.45) is 1.52. The van der Waals surface area contributed by atoms with Crippen LogP contribution in [0.5, 0.6) is 0 Å². The van der Waals surface area contributed by atoms with Gasteiger partial charge in [0.15, 0.2) is 5.69 Å². The molecule has 2 aromatic rings. The van der Waals surface area contributed by atoms with Gasteiger partial charge >= 0.3 is 0 Å². The summed E-state index contributed by atoms with van der Waals surface area (Å²) in [6, 6.07) is 6.19. The lowest BCUT2D eigenvalue weighted by molar-refractivity contribution is 0.0941. The Morgan fingerprint density at radius 1 is 1.45 bits per heavy atom. The number of rotatable bonds is 5. The van der Waals surface area contributed by atoms with Crippen molar-refractivity contribution in [1.82, 2.24) is 20.3 Å². The number of aromatic nitrogens is 3. The third kappa shape index (κ3) is 5.42. The predicted octanol–water partition coefficient (Wildman–Crippen LogP) is 1.35. The van der Waals surface area contributed by atoms with Crippen LogP contribution in [0.25, 0.3) is 0 Å². The van der Waals surface area contributed by atoms with Gasteiger partial charge in [0.1, 0.15) is 5.82 Å². The number of nitrogens with zero attached hydrogens (tertiary/aromatic N) is 3. The molecular weight excluding hydrogens is 309 g/mol. The van der Waals surface area contributed by atoms with E-state index in [-0.39, 0.29) is 29.8 Å². The molecular formula is C14H19ClFN5O. The van der Waals surface area contributed by atoms with E-state index in [1.165, 1.54) is 23.0 Å². The lowest BCUT2D eigenvalue weighted by Gasteiger charge is -2.18. The summed E-state index contributed by atoms with van der Waals surface area (Å²) in [5.74, 6) is -0.644. The van der Waals surface area contributed by atoms with Crippen molar-refractivity contribution in [1.29, 1.82) is 0 Å². The first-order valence-electron chi connectivity index (χ1n) is 6.55. The van der Waals surface area contributed by atoms with Crippen LogP contribution in [0.3, 0.4) is 0 Å². The molecule has 8 heteroatoms. The van der Waals surface area contributed by atoms with Gasteiger partial charge in [-0.1, -0.05) is 17.3 Å². The number of carbonyl (C=O) groups excluding carboxylic acids is 1. The molecule has 1 aromatic carbocycles. The summed E-state index contributed by atoms with van der Waals surface area (Å²) in [5, 5.41) is 10.3. The fourth-order valence-electron chi connectivity index (χ4n) is 1.70. The van der Waals surface area contributed by atoms with Crippen LogP contribution in [0.2, 0.25) is 0 Å². The van der Waals surface area contributed by atoms with Crippen molar-refractivity contribution in [3.05, 3.63) is 47.5 Å². The number of hydrogen-bond donors (Lipinski definition) is 2. The Labute approximate surface area is 134 Å². The fraction of sp³-hybridized carbons (Fsp3) is 0.357. The van der Waals surface area contributed by atoms with Crippen LogP contribution in [-0.2, 0) is 6.54 Å². The van der Waals surface area contributed by atoms with Gasteiger partial charge in [0, 0.05) is 12.1 Å². The molecule has 3 N–H and O–H groups in total. The van der Waals surface area contributed by atoms with Crippen LogP contribution in [0.15, 0.2) is 30.5 Å². The largest absolute Gasteiger partial charge is 0.349 e. The molecule has 0 aliphatic rings. The summed E-state index contributed by atoms with van der Waals surface area (Å²) in [4.78, 5) is 11.9. The number of hydrogen-bond acceptors (Lipinski definition) is 4. The zero-order chi connectivity index (χ0) is 15.5. The molecule has 0 aliphatic carbocycles. The first-order chi connectivity index (χ1) is 9.83. The minimum atomic E-state index is -0.493. The number of nitrogens with one attached hydrogen (secondary N) is 1. The molecule has 1 heterocycles. The van der Waals surface area contributed by atoms with Gasteiger partial charge in [-0.3, -0.25) is 4.79 Å². The van der Waals surface area contributed by atoms with E-state index in [0.717, 1.165) is 5.56 Å². The van der Waals surface area contributed by atoms with Crippen molar-refractivity contribution >= 4 is 18.3 Å². The lowest BCUT2D eigenvalue weighted by atomic mass is 10.1. The molecule has 0 saturated heterocycles. The molecule has 1 aromatic heterocycles. The number of nitrogens with two attached hydrogens (primary N) is 1. The van der Waals surface area contributed by atoms with Gasteiger partial charge in [-0.25, -0.2) is 9.07 Å². The predicted molar refractivity (Wildman–Crippen MR) is 83.4 cm³/mol. The van der Waals surface area contributed by atoms with Crippen molar-refractivity contribution in [3.8, 4) is 0 Å². The smallest absolute Gasteiger partial charge is 0.273 e. The molecule has 0 bridgehead atoms. The summed E-state index contributed by atoms with van der Waals surface area (Å²) in [5.41, 5.74) is 6.25. The number of carbonyl (C=O) groups is 1. The molecule has 0 spiro atoms. The molecule has 0 aliphatic heterocycles. The van der Waals surface area contributed by atoms with E-state index in [2.05, 4.69) is 15.6 Å². The normalized spacial score (nSPS) is 10.9. The molecule has 0 radical (unpaired) electrons. The fourth-order valence-corrected chi connectivity index (χ4v) is 1.70. The van der Waals surface area contributed by atoms with E-state index in [9.17, 15) is 9.18 Å². The van der Waals surface area contributed by atoms with Gasteiger partial charge in [-0.05, 0) is 31.5 Å². The number of amides is 1. The van der Waals surface area contributed by atoms with Crippen molar-refractivity contribution < 1.29 is 9.18 Å². The van der Waals surface area contributed by atoms with Crippen molar-refractivity contribution in [2.24, 2.45) is 5.73 Å². The van der Waals surface area contributed by atoms with Crippen LogP contribution in [0, 0.1) is 5.82 Å². The maximum atomic E-state index is 13.1. The molecule has 1 amide bonds. The molecule has 6 nitrogen and oxygen atoms in total. The molecule has 0 atom stereocenters. The minimum Gasteiger partial charge on any atom is -0.349 e.